The lowest BCUT2D eigenvalue weighted by atomic mass is 9.92. The lowest BCUT2D eigenvalue weighted by molar-refractivity contribution is 0.415. The van der Waals surface area contributed by atoms with Gasteiger partial charge in [0.15, 0.2) is 5.11 Å². The van der Waals surface area contributed by atoms with Gasteiger partial charge in [0.2, 0.25) is 0 Å². The highest BCUT2D eigenvalue weighted by Crippen LogP contribution is 2.26. The number of nitrogens with one attached hydrogen (secondary N) is 2. The summed E-state index contributed by atoms with van der Waals surface area (Å²) in [6.45, 7) is 8.66. The fourth-order valence-electron chi connectivity index (χ4n) is 2.79. The first-order valence-electron chi connectivity index (χ1n) is 8.19. The van der Waals surface area contributed by atoms with Crippen LogP contribution in [0.5, 0.6) is 5.75 Å². The minimum absolute atomic E-state index is 0.163. The van der Waals surface area contributed by atoms with Crippen LogP contribution in [0.3, 0.4) is 0 Å². The molecule has 24 heavy (non-hydrogen) atoms. The summed E-state index contributed by atoms with van der Waals surface area (Å²) >= 11 is 5.52. The molecule has 0 unspecified atom stereocenters. The number of benzene rings is 2. The number of hydrogen-bond acceptors (Lipinski definition) is 2. The zero-order valence-corrected chi connectivity index (χ0v) is 15.8. The normalized spacial score (nSPS) is 11.9. The maximum Gasteiger partial charge on any atom is 0.171 e. The molecule has 0 radical (unpaired) electrons. The van der Waals surface area contributed by atoms with Gasteiger partial charge in [-0.2, -0.15) is 0 Å². The van der Waals surface area contributed by atoms with Crippen LogP contribution in [0, 0.1) is 19.8 Å². The number of thiocarbonyl (C=S) groups is 1. The number of hydrogen-bond donors (Lipinski definition) is 2. The second-order valence-electron chi connectivity index (χ2n) is 6.41. The second kappa shape index (κ2) is 8.15. The van der Waals surface area contributed by atoms with E-state index in [1.165, 1.54) is 16.7 Å². The summed E-state index contributed by atoms with van der Waals surface area (Å²) in [5.41, 5.74) is 4.75. The van der Waals surface area contributed by atoms with Gasteiger partial charge in [-0.15, -0.1) is 0 Å². The van der Waals surface area contributed by atoms with Gasteiger partial charge in [0, 0.05) is 11.8 Å². The molecule has 2 aromatic rings. The monoisotopic (exact) mass is 342 g/mol. The third-order valence-electron chi connectivity index (χ3n) is 4.04. The van der Waals surface area contributed by atoms with Gasteiger partial charge in [0.05, 0.1) is 13.2 Å². The van der Waals surface area contributed by atoms with E-state index in [4.69, 9.17) is 17.0 Å². The van der Waals surface area contributed by atoms with E-state index in [0.29, 0.717) is 11.0 Å². The Hall–Kier alpha value is -2.07. The minimum atomic E-state index is 0.163. The predicted molar refractivity (Wildman–Crippen MR) is 106 cm³/mol. The van der Waals surface area contributed by atoms with Crippen molar-refractivity contribution in [3.05, 3.63) is 59.2 Å². The van der Waals surface area contributed by atoms with Gasteiger partial charge in [0.1, 0.15) is 5.75 Å². The van der Waals surface area contributed by atoms with Crippen molar-refractivity contribution in [2.24, 2.45) is 5.92 Å². The molecule has 0 bridgehead atoms. The number of methoxy groups -OCH3 is 1. The van der Waals surface area contributed by atoms with Crippen molar-refractivity contribution in [1.29, 1.82) is 0 Å². The van der Waals surface area contributed by atoms with Crippen molar-refractivity contribution < 1.29 is 4.74 Å². The lowest BCUT2D eigenvalue weighted by Gasteiger charge is -2.26. The SMILES string of the molecule is COc1cccc(NC(=S)N[C@@H](c2ccc(C)cc2C)C(C)C)c1. The van der Waals surface area contributed by atoms with E-state index in [2.05, 4.69) is 56.5 Å². The Bertz CT molecular complexity index is 713. The molecule has 0 aliphatic carbocycles. The molecule has 128 valence electrons. The lowest BCUT2D eigenvalue weighted by Crippen LogP contribution is -2.35. The maximum absolute atomic E-state index is 5.52. The Morgan fingerprint density at radius 1 is 1.08 bits per heavy atom. The Kier molecular flexibility index (Phi) is 6.21. The summed E-state index contributed by atoms with van der Waals surface area (Å²) in [7, 11) is 1.66. The molecule has 0 aliphatic rings. The van der Waals surface area contributed by atoms with Crippen molar-refractivity contribution in [2.45, 2.75) is 33.7 Å². The highest BCUT2D eigenvalue weighted by atomic mass is 32.1. The molecule has 4 heteroatoms. The van der Waals surface area contributed by atoms with Gasteiger partial charge >= 0.3 is 0 Å². The molecule has 0 saturated carbocycles. The fourth-order valence-corrected chi connectivity index (χ4v) is 3.03. The van der Waals surface area contributed by atoms with Crippen LogP contribution in [0.4, 0.5) is 5.69 Å². The van der Waals surface area contributed by atoms with Crippen molar-refractivity contribution >= 4 is 23.0 Å². The van der Waals surface area contributed by atoms with Crippen molar-refractivity contribution in [1.82, 2.24) is 5.32 Å². The smallest absolute Gasteiger partial charge is 0.171 e. The Morgan fingerprint density at radius 2 is 1.83 bits per heavy atom. The Morgan fingerprint density at radius 3 is 2.46 bits per heavy atom. The molecule has 2 aromatic carbocycles. The summed E-state index contributed by atoms with van der Waals surface area (Å²) in [6.07, 6.45) is 0. The molecular weight excluding hydrogens is 316 g/mol. The van der Waals surface area contributed by atoms with Crippen LogP contribution in [0.1, 0.15) is 36.6 Å². The first-order valence-corrected chi connectivity index (χ1v) is 8.60. The summed E-state index contributed by atoms with van der Waals surface area (Å²) in [5, 5.41) is 7.31. The van der Waals surface area contributed by atoms with Crippen LogP contribution in [-0.2, 0) is 0 Å². The van der Waals surface area contributed by atoms with Gasteiger partial charge in [-0.25, -0.2) is 0 Å². The fraction of sp³-hybridized carbons (Fsp3) is 0.350. The molecule has 3 nitrogen and oxygen atoms in total. The van der Waals surface area contributed by atoms with E-state index >= 15 is 0 Å². The number of ether oxygens (including phenoxy) is 1. The molecule has 0 amide bonds. The molecule has 2 N–H and O–H groups in total. The van der Waals surface area contributed by atoms with E-state index in [0.717, 1.165) is 11.4 Å². The van der Waals surface area contributed by atoms with Crippen LogP contribution in [0.15, 0.2) is 42.5 Å². The minimum Gasteiger partial charge on any atom is -0.497 e. The molecule has 2 rings (SSSR count). The van der Waals surface area contributed by atoms with Crippen LogP contribution >= 0.6 is 12.2 Å². The molecule has 0 aliphatic heterocycles. The zero-order chi connectivity index (χ0) is 17.7. The van der Waals surface area contributed by atoms with E-state index < -0.39 is 0 Å². The van der Waals surface area contributed by atoms with Crippen molar-refractivity contribution in [3.8, 4) is 5.75 Å². The highest BCUT2D eigenvalue weighted by molar-refractivity contribution is 7.80. The first kappa shape index (κ1) is 18.3. The summed E-state index contributed by atoms with van der Waals surface area (Å²) < 4.78 is 5.25. The Balaban J connectivity index is 2.13. The number of anilines is 1. The van der Waals surface area contributed by atoms with Crippen LogP contribution < -0.4 is 15.4 Å². The van der Waals surface area contributed by atoms with Crippen LogP contribution in [0.25, 0.3) is 0 Å². The standard InChI is InChI=1S/C20H26N2OS/c1-13(2)19(18-10-9-14(3)11-15(18)4)22-20(24)21-16-7-6-8-17(12-16)23-5/h6-13,19H,1-5H3,(H2,21,22,24)/t19-/m1/s1. The maximum atomic E-state index is 5.52. The van der Waals surface area contributed by atoms with Crippen molar-refractivity contribution in [3.63, 3.8) is 0 Å². The van der Waals surface area contributed by atoms with Gasteiger partial charge in [0.25, 0.3) is 0 Å². The van der Waals surface area contributed by atoms with Gasteiger partial charge in [-0.3, -0.25) is 0 Å². The second-order valence-corrected chi connectivity index (χ2v) is 6.82. The largest absolute Gasteiger partial charge is 0.497 e. The highest BCUT2D eigenvalue weighted by Gasteiger charge is 2.18. The number of rotatable bonds is 5. The van der Waals surface area contributed by atoms with E-state index in [9.17, 15) is 0 Å². The molecule has 0 spiro atoms. The van der Waals surface area contributed by atoms with E-state index in [-0.39, 0.29) is 6.04 Å². The van der Waals surface area contributed by atoms with E-state index in [1.807, 2.05) is 24.3 Å². The summed E-state index contributed by atoms with van der Waals surface area (Å²) in [5.74, 6) is 1.22. The zero-order valence-electron chi connectivity index (χ0n) is 15.0. The predicted octanol–water partition coefficient (Wildman–Crippen LogP) is 5.00. The number of aryl methyl sites for hydroxylation is 2. The van der Waals surface area contributed by atoms with E-state index in [1.54, 1.807) is 7.11 Å². The molecule has 0 aromatic heterocycles. The average Bonchev–Trinajstić information content (AvgIpc) is 2.53. The molecule has 0 fully saturated rings. The Labute approximate surface area is 150 Å². The quantitative estimate of drug-likeness (QED) is 0.750. The van der Waals surface area contributed by atoms with Crippen LogP contribution in [-0.4, -0.2) is 12.2 Å². The topological polar surface area (TPSA) is 33.3 Å². The molecule has 1 atom stereocenters. The molecular formula is C20H26N2OS. The first-order chi connectivity index (χ1) is 11.4. The third-order valence-corrected chi connectivity index (χ3v) is 4.26. The van der Waals surface area contributed by atoms with Gasteiger partial charge in [-0.1, -0.05) is 43.7 Å². The summed E-state index contributed by atoms with van der Waals surface area (Å²) in [4.78, 5) is 0. The van der Waals surface area contributed by atoms with Gasteiger partial charge < -0.3 is 15.4 Å². The summed E-state index contributed by atoms with van der Waals surface area (Å²) in [6, 6.07) is 14.5. The average molecular weight is 343 g/mol. The third kappa shape index (κ3) is 4.71. The van der Waals surface area contributed by atoms with Crippen LogP contribution in [0.2, 0.25) is 0 Å². The molecule has 0 heterocycles. The molecule has 0 saturated heterocycles. The van der Waals surface area contributed by atoms with Gasteiger partial charge in [-0.05, 0) is 55.2 Å². The van der Waals surface area contributed by atoms with Crippen molar-refractivity contribution in [2.75, 3.05) is 12.4 Å².